The molecule has 1 saturated carbocycles. The molecule has 2 aromatic rings. The molecule has 1 saturated heterocycles. The average molecular weight is 252 g/mol. The van der Waals surface area contributed by atoms with Gasteiger partial charge in [0.25, 0.3) is 0 Å². The molecule has 1 aromatic heterocycles. The van der Waals surface area contributed by atoms with E-state index in [-0.39, 0.29) is 0 Å². The van der Waals surface area contributed by atoms with Crippen LogP contribution in [0.15, 0.2) is 36.4 Å². The molecule has 2 fully saturated rings. The van der Waals surface area contributed by atoms with Crippen molar-refractivity contribution in [2.75, 3.05) is 13.1 Å². The minimum atomic E-state index is 0.646. The highest BCUT2D eigenvalue weighted by Gasteiger charge is 2.40. The van der Waals surface area contributed by atoms with Crippen LogP contribution in [0, 0.1) is 5.41 Å². The van der Waals surface area contributed by atoms with Crippen molar-refractivity contribution < 1.29 is 0 Å². The van der Waals surface area contributed by atoms with E-state index >= 15 is 0 Å². The van der Waals surface area contributed by atoms with Gasteiger partial charge in [-0.15, -0.1) is 0 Å². The molecule has 1 aliphatic carbocycles. The van der Waals surface area contributed by atoms with Gasteiger partial charge in [0.15, 0.2) is 0 Å². The molecule has 1 aliphatic heterocycles. The fraction of sp³-hybridized carbons (Fsp3) is 0.471. The van der Waals surface area contributed by atoms with Crippen molar-refractivity contribution in [2.24, 2.45) is 5.41 Å². The molecule has 98 valence electrons. The molecule has 1 aromatic carbocycles. The summed E-state index contributed by atoms with van der Waals surface area (Å²) in [6.45, 7) is 2.48. The van der Waals surface area contributed by atoms with Gasteiger partial charge in [-0.05, 0) is 43.2 Å². The van der Waals surface area contributed by atoms with Crippen LogP contribution in [0.2, 0.25) is 0 Å². The lowest BCUT2D eigenvalue weighted by atomic mass is 9.66. The van der Waals surface area contributed by atoms with E-state index < -0.39 is 0 Å². The molecule has 2 nitrogen and oxygen atoms in total. The highest BCUT2D eigenvalue weighted by Crippen LogP contribution is 2.44. The second-order valence-corrected chi connectivity index (χ2v) is 6.31. The minimum Gasteiger partial charge on any atom is -0.316 e. The number of hydrogen-bond donors (Lipinski definition) is 1. The summed E-state index contributed by atoms with van der Waals surface area (Å²) in [5, 5.41) is 4.69. The molecule has 1 spiro atoms. The summed E-state index contributed by atoms with van der Waals surface area (Å²) < 4.78 is 0. The lowest BCUT2D eigenvalue weighted by Gasteiger charge is -2.47. The molecular formula is C17H20N2. The van der Waals surface area contributed by atoms with Crippen molar-refractivity contribution in [2.45, 2.75) is 31.6 Å². The normalized spacial score (nSPS) is 22.5. The van der Waals surface area contributed by atoms with E-state index in [4.69, 9.17) is 4.98 Å². The maximum Gasteiger partial charge on any atom is 0.0705 e. The maximum atomic E-state index is 4.87. The van der Waals surface area contributed by atoms with E-state index in [0.29, 0.717) is 11.3 Å². The first-order valence-electron chi connectivity index (χ1n) is 7.41. The third kappa shape index (κ3) is 1.95. The van der Waals surface area contributed by atoms with Crippen LogP contribution in [0.1, 0.15) is 37.3 Å². The number of para-hydroxylation sites is 1. The van der Waals surface area contributed by atoms with Crippen molar-refractivity contribution in [3.05, 3.63) is 42.1 Å². The molecule has 0 atom stereocenters. The van der Waals surface area contributed by atoms with Crippen LogP contribution in [0.3, 0.4) is 0 Å². The summed E-state index contributed by atoms with van der Waals surface area (Å²) in [7, 11) is 0. The Kier molecular flexibility index (Phi) is 2.59. The Balaban J connectivity index is 1.57. The third-order valence-corrected chi connectivity index (χ3v) is 5.08. The first-order valence-corrected chi connectivity index (χ1v) is 7.41. The first kappa shape index (κ1) is 11.4. The summed E-state index contributed by atoms with van der Waals surface area (Å²) in [6.07, 6.45) is 5.37. The fourth-order valence-corrected chi connectivity index (χ4v) is 3.67. The number of nitrogens with one attached hydrogen (secondary N) is 1. The summed E-state index contributed by atoms with van der Waals surface area (Å²) in [4.78, 5) is 4.87. The first-order chi connectivity index (χ1) is 9.35. The average Bonchev–Trinajstić information content (AvgIpc) is 2.45. The van der Waals surface area contributed by atoms with Gasteiger partial charge in [-0.2, -0.15) is 0 Å². The Hall–Kier alpha value is -1.41. The zero-order valence-electron chi connectivity index (χ0n) is 11.2. The van der Waals surface area contributed by atoms with Crippen LogP contribution < -0.4 is 5.32 Å². The Morgan fingerprint density at radius 1 is 1.00 bits per heavy atom. The highest BCUT2D eigenvalue weighted by molar-refractivity contribution is 5.78. The van der Waals surface area contributed by atoms with Gasteiger partial charge in [0.1, 0.15) is 0 Å². The number of pyridine rings is 1. The predicted molar refractivity (Wildman–Crippen MR) is 78.3 cm³/mol. The Labute approximate surface area is 114 Å². The van der Waals surface area contributed by atoms with Gasteiger partial charge in [0.2, 0.25) is 0 Å². The van der Waals surface area contributed by atoms with Gasteiger partial charge in [-0.3, -0.25) is 4.98 Å². The summed E-state index contributed by atoms with van der Waals surface area (Å²) in [6, 6.07) is 12.9. The molecular weight excluding hydrogens is 232 g/mol. The maximum absolute atomic E-state index is 4.87. The van der Waals surface area contributed by atoms with E-state index in [1.807, 2.05) is 0 Å². The van der Waals surface area contributed by atoms with E-state index in [1.165, 1.54) is 49.9 Å². The number of fused-ring (bicyclic) bond motifs is 1. The van der Waals surface area contributed by atoms with Crippen LogP contribution in [0.25, 0.3) is 10.9 Å². The zero-order valence-corrected chi connectivity index (χ0v) is 11.2. The van der Waals surface area contributed by atoms with Crippen LogP contribution in [-0.4, -0.2) is 18.1 Å². The standard InChI is InChI=1S/C17H20N2/c1-2-4-15-13(3-1)5-6-16(19-15)14-7-9-17(10-8-14)11-18-12-17/h1-6,14,18H,7-12H2. The third-order valence-electron chi connectivity index (χ3n) is 5.08. The Bertz CT molecular complexity index is 591. The molecule has 0 unspecified atom stereocenters. The predicted octanol–water partition coefficient (Wildman–Crippen LogP) is 3.48. The van der Waals surface area contributed by atoms with Gasteiger partial charge < -0.3 is 5.32 Å². The van der Waals surface area contributed by atoms with Crippen LogP contribution in [0.5, 0.6) is 0 Å². The smallest absolute Gasteiger partial charge is 0.0705 e. The minimum absolute atomic E-state index is 0.646. The zero-order chi connectivity index (χ0) is 12.7. The molecule has 2 heteroatoms. The second-order valence-electron chi connectivity index (χ2n) is 6.31. The monoisotopic (exact) mass is 252 g/mol. The van der Waals surface area contributed by atoms with Crippen molar-refractivity contribution in [3.8, 4) is 0 Å². The Morgan fingerprint density at radius 2 is 1.79 bits per heavy atom. The summed E-state index contributed by atoms with van der Waals surface area (Å²) in [5.41, 5.74) is 3.10. The SMILES string of the molecule is c1ccc2nc(C3CCC4(CC3)CNC4)ccc2c1. The van der Waals surface area contributed by atoms with Crippen LogP contribution in [0.4, 0.5) is 0 Å². The topological polar surface area (TPSA) is 24.9 Å². The molecule has 0 radical (unpaired) electrons. The van der Waals surface area contributed by atoms with Gasteiger partial charge in [0, 0.05) is 30.1 Å². The highest BCUT2D eigenvalue weighted by atomic mass is 15.0. The number of rotatable bonds is 1. The molecule has 1 N–H and O–H groups in total. The molecule has 0 amide bonds. The van der Waals surface area contributed by atoms with Crippen molar-refractivity contribution in [1.82, 2.24) is 10.3 Å². The number of benzene rings is 1. The van der Waals surface area contributed by atoms with Gasteiger partial charge in [-0.25, -0.2) is 0 Å². The molecule has 19 heavy (non-hydrogen) atoms. The number of aromatic nitrogens is 1. The Morgan fingerprint density at radius 3 is 2.53 bits per heavy atom. The van der Waals surface area contributed by atoms with Crippen molar-refractivity contribution in [3.63, 3.8) is 0 Å². The van der Waals surface area contributed by atoms with Gasteiger partial charge in [0.05, 0.1) is 5.52 Å². The molecule has 4 rings (SSSR count). The van der Waals surface area contributed by atoms with Crippen LogP contribution >= 0.6 is 0 Å². The lowest BCUT2D eigenvalue weighted by Crippen LogP contribution is -2.54. The van der Waals surface area contributed by atoms with E-state index in [0.717, 1.165) is 5.52 Å². The van der Waals surface area contributed by atoms with Crippen molar-refractivity contribution in [1.29, 1.82) is 0 Å². The number of hydrogen-bond acceptors (Lipinski definition) is 2. The van der Waals surface area contributed by atoms with E-state index in [2.05, 4.69) is 41.7 Å². The summed E-state index contributed by atoms with van der Waals surface area (Å²) >= 11 is 0. The quantitative estimate of drug-likeness (QED) is 0.840. The fourth-order valence-electron chi connectivity index (χ4n) is 3.67. The van der Waals surface area contributed by atoms with Crippen molar-refractivity contribution >= 4 is 10.9 Å². The largest absolute Gasteiger partial charge is 0.316 e. The second kappa shape index (κ2) is 4.31. The molecule has 2 aliphatic rings. The van der Waals surface area contributed by atoms with Gasteiger partial charge >= 0.3 is 0 Å². The summed E-state index contributed by atoms with van der Waals surface area (Å²) in [5.74, 6) is 0.677. The molecule has 0 bridgehead atoms. The van der Waals surface area contributed by atoms with Crippen LogP contribution in [-0.2, 0) is 0 Å². The van der Waals surface area contributed by atoms with Gasteiger partial charge in [-0.1, -0.05) is 24.3 Å². The molecule has 2 heterocycles. The number of nitrogens with zero attached hydrogens (tertiary/aromatic N) is 1. The lowest BCUT2D eigenvalue weighted by molar-refractivity contribution is 0.0969. The van der Waals surface area contributed by atoms with E-state index in [9.17, 15) is 0 Å². The van der Waals surface area contributed by atoms with E-state index in [1.54, 1.807) is 0 Å².